The van der Waals surface area contributed by atoms with Crippen molar-refractivity contribution in [2.24, 2.45) is 0 Å². The van der Waals surface area contributed by atoms with Gasteiger partial charge in [0.05, 0.1) is 11.9 Å². The highest BCUT2D eigenvalue weighted by Gasteiger charge is 2.08. The van der Waals surface area contributed by atoms with Crippen LogP contribution in [0.15, 0.2) is 30.5 Å². The zero-order valence-electron chi connectivity index (χ0n) is 7.77. The number of fused-ring (bicyclic) bond motifs is 1. The van der Waals surface area contributed by atoms with Gasteiger partial charge in [-0.3, -0.25) is 9.78 Å². The molecule has 1 aromatic heterocycles. The van der Waals surface area contributed by atoms with Gasteiger partial charge in [0, 0.05) is 11.6 Å². The van der Waals surface area contributed by atoms with Crippen LogP contribution in [0.3, 0.4) is 0 Å². The van der Waals surface area contributed by atoms with Crippen LogP contribution in [-0.2, 0) is 11.2 Å². The van der Waals surface area contributed by atoms with Crippen molar-refractivity contribution in [3.05, 3.63) is 41.8 Å². The Hall–Kier alpha value is -1.97. The number of carbonyl (C=O) groups is 1. The summed E-state index contributed by atoms with van der Waals surface area (Å²) in [6.07, 6.45) is 1.34. The standard InChI is InChI=1S/C11H8FNO2/c12-9-4-7-2-1-3-13-11(7)8(5-9)6-10(14)15/h1-5H,6H2,(H,14,15). The van der Waals surface area contributed by atoms with E-state index in [1.54, 1.807) is 18.3 Å². The van der Waals surface area contributed by atoms with E-state index in [-0.39, 0.29) is 6.42 Å². The average molecular weight is 205 g/mol. The van der Waals surface area contributed by atoms with Gasteiger partial charge in [-0.1, -0.05) is 6.07 Å². The molecule has 3 nitrogen and oxygen atoms in total. The fourth-order valence-corrected chi connectivity index (χ4v) is 1.53. The summed E-state index contributed by atoms with van der Waals surface area (Å²) in [5.41, 5.74) is 0.944. The molecule has 0 fully saturated rings. The van der Waals surface area contributed by atoms with E-state index in [9.17, 15) is 9.18 Å². The lowest BCUT2D eigenvalue weighted by atomic mass is 10.1. The van der Waals surface area contributed by atoms with E-state index in [1.807, 2.05) is 0 Å². The Balaban J connectivity index is 2.65. The second-order valence-electron chi connectivity index (χ2n) is 3.21. The molecule has 0 aliphatic rings. The van der Waals surface area contributed by atoms with Gasteiger partial charge >= 0.3 is 5.97 Å². The van der Waals surface area contributed by atoms with Gasteiger partial charge in [0.25, 0.3) is 0 Å². The van der Waals surface area contributed by atoms with Crippen LogP contribution in [0.1, 0.15) is 5.56 Å². The Labute approximate surface area is 85.2 Å². The van der Waals surface area contributed by atoms with E-state index in [2.05, 4.69) is 4.98 Å². The molecule has 2 aromatic rings. The molecule has 0 saturated carbocycles. The summed E-state index contributed by atoms with van der Waals surface area (Å²) < 4.78 is 13.1. The monoisotopic (exact) mass is 205 g/mol. The summed E-state index contributed by atoms with van der Waals surface area (Å²) in [6, 6.07) is 5.94. The van der Waals surface area contributed by atoms with Crippen LogP contribution in [0, 0.1) is 5.82 Å². The Morgan fingerprint density at radius 3 is 3.00 bits per heavy atom. The van der Waals surface area contributed by atoms with Crippen LogP contribution in [0.25, 0.3) is 10.9 Å². The first kappa shape index (κ1) is 9.58. The molecule has 15 heavy (non-hydrogen) atoms. The number of halogens is 1. The number of pyridine rings is 1. The predicted molar refractivity (Wildman–Crippen MR) is 53.0 cm³/mol. The number of benzene rings is 1. The van der Waals surface area contributed by atoms with Gasteiger partial charge < -0.3 is 5.11 Å². The minimum Gasteiger partial charge on any atom is -0.481 e. The van der Waals surface area contributed by atoms with Gasteiger partial charge in [-0.05, 0) is 23.8 Å². The normalized spacial score (nSPS) is 10.5. The number of rotatable bonds is 2. The topological polar surface area (TPSA) is 50.2 Å². The van der Waals surface area contributed by atoms with Gasteiger partial charge in [-0.15, -0.1) is 0 Å². The van der Waals surface area contributed by atoms with Crippen molar-refractivity contribution in [1.29, 1.82) is 0 Å². The van der Waals surface area contributed by atoms with Gasteiger partial charge in [-0.25, -0.2) is 4.39 Å². The van der Waals surface area contributed by atoms with Gasteiger partial charge in [-0.2, -0.15) is 0 Å². The lowest BCUT2D eigenvalue weighted by Gasteiger charge is -2.03. The second kappa shape index (κ2) is 3.65. The zero-order valence-corrected chi connectivity index (χ0v) is 7.77. The van der Waals surface area contributed by atoms with Gasteiger partial charge in [0.2, 0.25) is 0 Å². The first-order valence-electron chi connectivity index (χ1n) is 4.42. The van der Waals surface area contributed by atoms with Crippen molar-refractivity contribution in [3.63, 3.8) is 0 Å². The summed E-state index contributed by atoms with van der Waals surface area (Å²) in [5.74, 6) is -1.43. The lowest BCUT2D eigenvalue weighted by Crippen LogP contribution is -2.02. The number of carboxylic acids is 1. The van der Waals surface area contributed by atoms with Crippen LogP contribution in [0.4, 0.5) is 4.39 Å². The van der Waals surface area contributed by atoms with Crippen molar-refractivity contribution in [3.8, 4) is 0 Å². The Morgan fingerprint density at radius 2 is 2.27 bits per heavy atom. The molecule has 0 saturated heterocycles. The molecule has 1 aromatic carbocycles. The molecule has 0 aliphatic carbocycles. The highest BCUT2D eigenvalue weighted by atomic mass is 19.1. The van der Waals surface area contributed by atoms with E-state index in [1.165, 1.54) is 12.1 Å². The molecule has 1 N–H and O–H groups in total. The molecule has 0 amide bonds. The maximum atomic E-state index is 13.1. The number of hydrogen-bond acceptors (Lipinski definition) is 2. The number of carboxylic acid groups (broad SMARTS) is 1. The second-order valence-corrected chi connectivity index (χ2v) is 3.21. The Bertz CT molecular complexity index is 525. The van der Waals surface area contributed by atoms with Crippen LogP contribution in [0.5, 0.6) is 0 Å². The minimum absolute atomic E-state index is 0.217. The van der Waals surface area contributed by atoms with E-state index in [0.29, 0.717) is 16.5 Å². The number of aliphatic carboxylic acids is 1. The number of nitrogens with zero attached hydrogens (tertiary/aromatic N) is 1. The minimum atomic E-state index is -0.993. The molecule has 4 heteroatoms. The third-order valence-electron chi connectivity index (χ3n) is 2.09. The van der Waals surface area contributed by atoms with Crippen molar-refractivity contribution in [2.45, 2.75) is 6.42 Å². The quantitative estimate of drug-likeness (QED) is 0.815. The van der Waals surface area contributed by atoms with Crippen molar-refractivity contribution < 1.29 is 14.3 Å². The van der Waals surface area contributed by atoms with Crippen LogP contribution in [-0.4, -0.2) is 16.1 Å². The molecule has 0 bridgehead atoms. The third-order valence-corrected chi connectivity index (χ3v) is 2.09. The molecule has 76 valence electrons. The van der Waals surface area contributed by atoms with E-state index in [0.717, 1.165) is 0 Å². The molecular formula is C11H8FNO2. The van der Waals surface area contributed by atoms with Gasteiger partial charge in [0.15, 0.2) is 0 Å². The molecule has 2 rings (SSSR count). The van der Waals surface area contributed by atoms with Crippen LogP contribution >= 0.6 is 0 Å². The van der Waals surface area contributed by atoms with Crippen LogP contribution in [0.2, 0.25) is 0 Å². The maximum Gasteiger partial charge on any atom is 0.307 e. The molecule has 0 unspecified atom stereocenters. The maximum absolute atomic E-state index is 13.1. The van der Waals surface area contributed by atoms with E-state index < -0.39 is 11.8 Å². The third kappa shape index (κ3) is 1.93. The summed E-state index contributed by atoms with van der Waals surface area (Å²) >= 11 is 0. The first-order chi connectivity index (χ1) is 7.16. The summed E-state index contributed by atoms with van der Waals surface area (Å²) in [7, 11) is 0. The van der Waals surface area contributed by atoms with Crippen molar-refractivity contribution >= 4 is 16.9 Å². The fraction of sp³-hybridized carbons (Fsp3) is 0.0909. The molecule has 0 radical (unpaired) electrons. The largest absolute Gasteiger partial charge is 0.481 e. The van der Waals surface area contributed by atoms with Gasteiger partial charge in [0.1, 0.15) is 5.82 Å². The SMILES string of the molecule is O=C(O)Cc1cc(F)cc2cccnc12. The molecular weight excluding hydrogens is 197 g/mol. The average Bonchev–Trinajstić information content (AvgIpc) is 2.16. The zero-order chi connectivity index (χ0) is 10.8. The molecule has 0 aliphatic heterocycles. The fourth-order valence-electron chi connectivity index (χ4n) is 1.53. The summed E-state index contributed by atoms with van der Waals surface area (Å²) in [6.45, 7) is 0. The summed E-state index contributed by atoms with van der Waals surface area (Å²) in [4.78, 5) is 14.6. The van der Waals surface area contributed by atoms with Crippen molar-refractivity contribution in [1.82, 2.24) is 4.98 Å². The highest BCUT2D eigenvalue weighted by molar-refractivity contribution is 5.85. The van der Waals surface area contributed by atoms with E-state index in [4.69, 9.17) is 5.11 Å². The smallest absolute Gasteiger partial charge is 0.307 e. The van der Waals surface area contributed by atoms with Crippen LogP contribution < -0.4 is 0 Å². The molecule has 1 heterocycles. The predicted octanol–water partition coefficient (Wildman–Crippen LogP) is 2.00. The Morgan fingerprint density at radius 1 is 1.47 bits per heavy atom. The first-order valence-corrected chi connectivity index (χ1v) is 4.42. The van der Waals surface area contributed by atoms with Crippen molar-refractivity contribution in [2.75, 3.05) is 0 Å². The highest BCUT2D eigenvalue weighted by Crippen LogP contribution is 2.18. The Kier molecular flexibility index (Phi) is 2.33. The molecule has 0 atom stereocenters. The number of hydrogen-bond donors (Lipinski definition) is 1. The van der Waals surface area contributed by atoms with E-state index >= 15 is 0 Å². The lowest BCUT2D eigenvalue weighted by molar-refractivity contribution is -0.136. The molecule has 0 spiro atoms. The summed E-state index contributed by atoms with van der Waals surface area (Å²) in [5, 5.41) is 9.29. The number of aromatic nitrogens is 1.